The van der Waals surface area contributed by atoms with E-state index in [9.17, 15) is 9.59 Å². The zero-order chi connectivity index (χ0) is 17.5. The number of nitrogens with one attached hydrogen (secondary N) is 1. The van der Waals surface area contributed by atoms with Crippen LogP contribution in [0.15, 0.2) is 24.3 Å². The van der Waals surface area contributed by atoms with E-state index in [1.165, 1.54) is 0 Å². The Morgan fingerprint density at radius 3 is 2.50 bits per heavy atom. The van der Waals surface area contributed by atoms with Gasteiger partial charge in [0.2, 0.25) is 11.8 Å². The number of nitriles is 1. The van der Waals surface area contributed by atoms with E-state index >= 15 is 0 Å². The summed E-state index contributed by atoms with van der Waals surface area (Å²) in [5.74, 6) is 0.431. The van der Waals surface area contributed by atoms with Gasteiger partial charge in [-0.2, -0.15) is 5.26 Å². The first-order valence-electron chi connectivity index (χ1n) is 8.57. The average Bonchev–Trinajstić information content (AvgIpc) is 3.41. The minimum absolute atomic E-state index is 0.0926. The zero-order valence-electron chi connectivity index (χ0n) is 14.4. The lowest BCUT2D eigenvalue weighted by molar-refractivity contribution is -0.133. The molecule has 1 aliphatic rings. The summed E-state index contributed by atoms with van der Waals surface area (Å²) in [7, 11) is 0. The molecule has 24 heavy (non-hydrogen) atoms. The van der Waals surface area contributed by atoms with Crippen LogP contribution in [0, 0.1) is 17.2 Å². The highest BCUT2D eigenvalue weighted by Crippen LogP contribution is 2.28. The minimum atomic E-state index is 0.0926. The number of nitrogens with zero attached hydrogens (tertiary/aromatic N) is 2. The third-order valence-corrected chi connectivity index (χ3v) is 4.19. The van der Waals surface area contributed by atoms with Crippen LogP contribution < -0.4 is 5.32 Å². The van der Waals surface area contributed by atoms with E-state index in [0.29, 0.717) is 31.5 Å². The van der Waals surface area contributed by atoms with Gasteiger partial charge in [-0.3, -0.25) is 9.59 Å². The highest BCUT2D eigenvalue weighted by atomic mass is 16.2. The van der Waals surface area contributed by atoms with Crippen molar-refractivity contribution in [3.63, 3.8) is 0 Å². The maximum absolute atomic E-state index is 12.5. The van der Waals surface area contributed by atoms with E-state index in [1.807, 2.05) is 30.9 Å². The molecule has 1 fully saturated rings. The molecule has 1 aromatic rings. The summed E-state index contributed by atoms with van der Waals surface area (Å²) in [6.07, 6.45) is 3.08. The molecule has 5 nitrogen and oxygen atoms in total. The normalized spacial score (nSPS) is 13.4. The first kappa shape index (κ1) is 18.0. The number of rotatable bonds is 8. The Kier molecular flexibility index (Phi) is 6.36. The van der Waals surface area contributed by atoms with Crippen LogP contribution in [-0.4, -0.2) is 29.3 Å². The van der Waals surface area contributed by atoms with Crippen molar-refractivity contribution < 1.29 is 9.59 Å². The highest BCUT2D eigenvalue weighted by molar-refractivity contribution is 5.81. The Bertz CT molecular complexity index is 612. The van der Waals surface area contributed by atoms with Gasteiger partial charge in [0.1, 0.15) is 0 Å². The lowest BCUT2D eigenvalue weighted by Gasteiger charge is -2.27. The van der Waals surface area contributed by atoms with Crippen LogP contribution in [-0.2, 0) is 16.1 Å². The number of benzene rings is 1. The molecule has 1 saturated carbocycles. The molecule has 0 atom stereocenters. The predicted molar refractivity (Wildman–Crippen MR) is 91.8 cm³/mol. The fraction of sp³-hybridized carbons (Fsp3) is 0.526. The van der Waals surface area contributed by atoms with Crippen LogP contribution in [0.5, 0.6) is 0 Å². The first-order valence-corrected chi connectivity index (χ1v) is 8.57. The van der Waals surface area contributed by atoms with Gasteiger partial charge >= 0.3 is 0 Å². The molecule has 1 N–H and O–H groups in total. The van der Waals surface area contributed by atoms with E-state index in [2.05, 4.69) is 11.4 Å². The van der Waals surface area contributed by atoms with Gasteiger partial charge in [-0.05, 0) is 50.8 Å². The van der Waals surface area contributed by atoms with Crippen molar-refractivity contribution in [1.29, 1.82) is 5.26 Å². The van der Waals surface area contributed by atoms with Crippen molar-refractivity contribution in [1.82, 2.24) is 10.2 Å². The highest BCUT2D eigenvalue weighted by Gasteiger charge is 2.29. The van der Waals surface area contributed by atoms with Crippen molar-refractivity contribution in [2.75, 3.05) is 6.54 Å². The van der Waals surface area contributed by atoms with Gasteiger partial charge in [-0.25, -0.2) is 0 Å². The molecular formula is C19H25N3O2. The molecule has 128 valence electrons. The van der Waals surface area contributed by atoms with Crippen LogP contribution in [0.4, 0.5) is 0 Å². The van der Waals surface area contributed by atoms with E-state index in [1.54, 1.807) is 12.1 Å². The Hall–Kier alpha value is -2.35. The molecule has 0 heterocycles. The van der Waals surface area contributed by atoms with Crippen LogP contribution >= 0.6 is 0 Å². The molecule has 1 aliphatic carbocycles. The van der Waals surface area contributed by atoms with Gasteiger partial charge in [-0.1, -0.05) is 12.1 Å². The lowest BCUT2D eigenvalue weighted by atomic mass is 10.1. The summed E-state index contributed by atoms with van der Waals surface area (Å²) in [5, 5.41) is 11.7. The van der Waals surface area contributed by atoms with Crippen molar-refractivity contribution in [3.05, 3.63) is 35.4 Å². The molecule has 0 unspecified atom stereocenters. The molecule has 0 bridgehead atoms. The smallest absolute Gasteiger partial charge is 0.223 e. The second-order valence-electron chi connectivity index (χ2n) is 6.59. The molecule has 2 rings (SSSR count). The quantitative estimate of drug-likeness (QED) is 0.746. The third kappa shape index (κ3) is 5.38. The Morgan fingerprint density at radius 1 is 1.29 bits per heavy atom. The molecule has 0 spiro atoms. The van der Waals surface area contributed by atoms with E-state index in [4.69, 9.17) is 5.26 Å². The predicted octanol–water partition coefficient (Wildman–Crippen LogP) is 2.60. The number of carbonyl (C=O) groups excluding carboxylic acids is 2. The molecule has 0 radical (unpaired) electrons. The van der Waals surface area contributed by atoms with E-state index in [0.717, 1.165) is 18.4 Å². The molecule has 1 aromatic carbocycles. The fourth-order valence-electron chi connectivity index (χ4n) is 2.52. The minimum Gasteiger partial charge on any atom is -0.356 e. The van der Waals surface area contributed by atoms with Gasteiger partial charge in [0.05, 0.1) is 11.6 Å². The maximum Gasteiger partial charge on any atom is 0.223 e. The summed E-state index contributed by atoms with van der Waals surface area (Å²) in [5.41, 5.74) is 1.63. The number of carbonyl (C=O) groups is 2. The first-order chi connectivity index (χ1) is 11.5. The summed E-state index contributed by atoms with van der Waals surface area (Å²) in [4.78, 5) is 25.9. The number of amides is 2. The molecule has 0 aromatic heterocycles. The Balaban J connectivity index is 1.80. The summed E-state index contributed by atoms with van der Waals surface area (Å²) >= 11 is 0. The zero-order valence-corrected chi connectivity index (χ0v) is 14.4. The average molecular weight is 327 g/mol. The van der Waals surface area contributed by atoms with Crippen LogP contribution in [0.25, 0.3) is 0 Å². The van der Waals surface area contributed by atoms with Crippen molar-refractivity contribution in [2.24, 2.45) is 5.92 Å². The van der Waals surface area contributed by atoms with E-state index < -0.39 is 0 Å². The van der Waals surface area contributed by atoms with E-state index in [-0.39, 0.29) is 23.8 Å². The summed E-state index contributed by atoms with van der Waals surface area (Å²) < 4.78 is 0. The molecular weight excluding hydrogens is 302 g/mol. The van der Waals surface area contributed by atoms with Gasteiger partial charge in [0.25, 0.3) is 0 Å². The monoisotopic (exact) mass is 327 g/mol. The molecule has 2 amide bonds. The maximum atomic E-state index is 12.5. The third-order valence-electron chi connectivity index (χ3n) is 4.19. The van der Waals surface area contributed by atoms with Crippen LogP contribution in [0.1, 0.15) is 50.7 Å². The van der Waals surface area contributed by atoms with Crippen LogP contribution in [0.3, 0.4) is 0 Å². The standard InChI is InChI=1S/C19H25N3O2/c1-14(2)22(13-16-7-5-15(12-20)6-8-16)18(23)4-3-11-21-19(24)17-9-10-17/h5-8,14,17H,3-4,9-11,13H2,1-2H3,(H,21,24). The SMILES string of the molecule is CC(C)N(Cc1ccc(C#N)cc1)C(=O)CCCNC(=O)C1CC1. The van der Waals surface area contributed by atoms with Gasteiger partial charge in [-0.15, -0.1) is 0 Å². The number of hydrogen-bond donors (Lipinski definition) is 1. The second kappa shape index (κ2) is 8.49. The van der Waals surface area contributed by atoms with Crippen molar-refractivity contribution in [3.8, 4) is 6.07 Å². The lowest BCUT2D eigenvalue weighted by Crippen LogP contribution is -2.36. The van der Waals surface area contributed by atoms with Crippen molar-refractivity contribution in [2.45, 2.75) is 52.1 Å². The largest absolute Gasteiger partial charge is 0.356 e. The molecule has 0 aliphatic heterocycles. The molecule has 0 saturated heterocycles. The number of hydrogen-bond acceptors (Lipinski definition) is 3. The fourth-order valence-corrected chi connectivity index (χ4v) is 2.52. The summed E-state index contributed by atoms with van der Waals surface area (Å²) in [6.45, 7) is 5.09. The van der Waals surface area contributed by atoms with Gasteiger partial charge in [0.15, 0.2) is 0 Å². The Morgan fingerprint density at radius 2 is 1.96 bits per heavy atom. The topological polar surface area (TPSA) is 73.2 Å². The van der Waals surface area contributed by atoms with Crippen molar-refractivity contribution >= 4 is 11.8 Å². The van der Waals surface area contributed by atoms with Crippen LogP contribution in [0.2, 0.25) is 0 Å². The molecule has 5 heteroatoms. The second-order valence-corrected chi connectivity index (χ2v) is 6.59. The van der Waals surface area contributed by atoms with Gasteiger partial charge < -0.3 is 10.2 Å². The Labute approximate surface area is 143 Å². The van der Waals surface area contributed by atoms with Gasteiger partial charge in [0, 0.05) is 31.5 Å². The summed E-state index contributed by atoms with van der Waals surface area (Å²) in [6, 6.07) is 9.51.